The molecule has 7 heteroatoms. The van der Waals surface area contributed by atoms with Crippen molar-refractivity contribution in [3.8, 4) is 0 Å². The van der Waals surface area contributed by atoms with Gasteiger partial charge in [-0.3, -0.25) is 4.79 Å². The van der Waals surface area contributed by atoms with E-state index in [4.69, 9.17) is 32.4 Å². The summed E-state index contributed by atoms with van der Waals surface area (Å²) in [6.45, 7) is 0.0540. The summed E-state index contributed by atoms with van der Waals surface area (Å²) in [6, 6.07) is 13.9. The van der Waals surface area contributed by atoms with Crippen molar-refractivity contribution in [2.45, 2.75) is 6.42 Å². The fraction of sp³-hybridized carbons (Fsp3) is 0.158. The maximum Gasteiger partial charge on any atom is 0.374 e. The van der Waals surface area contributed by atoms with Crippen LogP contribution in [0.4, 0.5) is 0 Å². The molecule has 26 heavy (non-hydrogen) atoms. The number of rotatable bonds is 6. The van der Waals surface area contributed by atoms with Crippen LogP contribution in [0.15, 0.2) is 52.9 Å². The summed E-state index contributed by atoms with van der Waals surface area (Å²) in [6.07, 6.45) is 0.654. The van der Waals surface area contributed by atoms with E-state index < -0.39 is 5.97 Å². The maximum atomic E-state index is 12.0. The van der Waals surface area contributed by atoms with Gasteiger partial charge in [-0.05, 0) is 48.4 Å². The van der Waals surface area contributed by atoms with Crippen LogP contribution in [0.3, 0.4) is 0 Å². The molecule has 0 bridgehead atoms. The predicted octanol–water partition coefficient (Wildman–Crippen LogP) is 4.26. The molecule has 0 radical (unpaired) electrons. The smallest absolute Gasteiger partial charge is 0.374 e. The zero-order valence-electron chi connectivity index (χ0n) is 13.6. The van der Waals surface area contributed by atoms with E-state index in [-0.39, 0.29) is 18.3 Å². The van der Waals surface area contributed by atoms with E-state index in [1.165, 1.54) is 6.07 Å². The zero-order valence-corrected chi connectivity index (χ0v) is 15.1. The van der Waals surface area contributed by atoms with Crippen molar-refractivity contribution in [3.63, 3.8) is 0 Å². The molecule has 3 rings (SSSR count). The predicted molar refractivity (Wildman–Crippen MR) is 99.7 cm³/mol. The van der Waals surface area contributed by atoms with Crippen LogP contribution in [0, 0.1) is 0 Å². The van der Waals surface area contributed by atoms with Crippen molar-refractivity contribution in [1.29, 1.82) is 0 Å². The lowest BCUT2D eigenvalue weighted by molar-refractivity contribution is -0.124. The summed E-state index contributed by atoms with van der Waals surface area (Å²) in [5.74, 6) is -1.06. The van der Waals surface area contributed by atoms with Crippen LogP contribution >= 0.6 is 23.2 Å². The number of carbonyl (C=O) groups is 2. The van der Waals surface area contributed by atoms with Gasteiger partial charge in [0.05, 0.1) is 0 Å². The molecule has 5 nitrogen and oxygen atoms in total. The molecule has 0 aliphatic heterocycles. The number of esters is 1. The second kappa shape index (κ2) is 8.25. The molecule has 0 saturated heterocycles. The van der Waals surface area contributed by atoms with E-state index in [0.29, 0.717) is 34.0 Å². The third-order valence-electron chi connectivity index (χ3n) is 3.66. The summed E-state index contributed by atoms with van der Waals surface area (Å²) in [7, 11) is 0. The topological polar surface area (TPSA) is 68.5 Å². The molecule has 1 aromatic heterocycles. The van der Waals surface area contributed by atoms with Gasteiger partial charge in [-0.1, -0.05) is 35.3 Å². The number of ether oxygens (including phenoxy) is 1. The zero-order chi connectivity index (χ0) is 18.5. The van der Waals surface area contributed by atoms with Gasteiger partial charge in [0.1, 0.15) is 5.58 Å². The van der Waals surface area contributed by atoms with Crippen LogP contribution in [0.5, 0.6) is 0 Å². The lowest BCUT2D eigenvalue weighted by Crippen LogP contribution is -2.30. The molecule has 1 N–H and O–H groups in total. The van der Waals surface area contributed by atoms with Gasteiger partial charge < -0.3 is 14.5 Å². The maximum absolute atomic E-state index is 12.0. The van der Waals surface area contributed by atoms with E-state index >= 15 is 0 Å². The number of hydrogen-bond acceptors (Lipinski definition) is 4. The Morgan fingerprint density at radius 1 is 1.00 bits per heavy atom. The SMILES string of the molecule is O=C(COC(=O)c1cc2cc(Cl)ccc2o1)NCCc1ccc(Cl)cc1. The lowest BCUT2D eigenvalue weighted by Gasteiger charge is -2.06. The molecule has 1 amide bonds. The molecule has 0 spiro atoms. The van der Waals surface area contributed by atoms with Gasteiger partial charge in [0.15, 0.2) is 6.61 Å². The fourth-order valence-electron chi connectivity index (χ4n) is 2.37. The molecule has 3 aromatic rings. The number of amides is 1. The van der Waals surface area contributed by atoms with E-state index in [0.717, 1.165) is 5.56 Å². The molecule has 0 atom stereocenters. The molecule has 0 unspecified atom stereocenters. The number of fused-ring (bicyclic) bond motifs is 1. The highest BCUT2D eigenvalue weighted by atomic mass is 35.5. The highest BCUT2D eigenvalue weighted by Gasteiger charge is 2.15. The Labute approximate surface area is 159 Å². The number of halogens is 2. The van der Waals surface area contributed by atoms with E-state index in [1.807, 2.05) is 12.1 Å². The van der Waals surface area contributed by atoms with Crippen molar-refractivity contribution in [1.82, 2.24) is 5.32 Å². The van der Waals surface area contributed by atoms with E-state index in [1.54, 1.807) is 30.3 Å². The van der Waals surface area contributed by atoms with Crippen LogP contribution in [0.25, 0.3) is 11.0 Å². The first-order valence-corrected chi connectivity index (χ1v) is 8.64. The fourth-order valence-corrected chi connectivity index (χ4v) is 2.67. The molecule has 1 heterocycles. The van der Waals surface area contributed by atoms with Gasteiger partial charge in [-0.25, -0.2) is 4.79 Å². The molecular formula is C19H15Cl2NO4. The highest BCUT2D eigenvalue weighted by Crippen LogP contribution is 2.23. The standard InChI is InChI=1S/C19H15Cl2NO4/c20-14-3-1-12(2-4-14)7-8-22-18(23)11-25-19(24)17-10-13-9-15(21)5-6-16(13)26-17/h1-6,9-10H,7-8,11H2,(H,22,23). The Morgan fingerprint density at radius 3 is 2.50 bits per heavy atom. The van der Waals surface area contributed by atoms with Crippen LogP contribution in [0.1, 0.15) is 16.1 Å². The Balaban J connectivity index is 1.45. The van der Waals surface area contributed by atoms with Crippen molar-refractivity contribution in [3.05, 3.63) is 69.9 Å². The number of hydrogen-bond donors (Lipinski definition) is 1. The van der Waals surface area contributed by atoms with Crippen LogP contribution < -0.4 is 5.32 Å². The molecule has 0 saturated carbocycles. The van der Waals surface area contributed by atoms with Crippen LogP contribution in [-0.4, -0.2) is 25.0 Å². The summed E-state index contributed by atoms with van der Waals surface area (Å²) < 4.78 is 10.4. The van der Waals surface area contributed by atoms with Crippen molar-refractivity contribution in [2.75, 3.05) is 13.2 Å². The van der Waals surface area contributed by atoms with Crippen LogP contribution in [-0.2, 0) is 16.0 Å². The van der Waals surface area contributed by atoms with E-state index in [9.17, 15) is 9.59 Å². The normalized spacial score (nSPS) is 10.7. The first-order chi connectivity index (χ1) is 12.5. The largest absolute Gasteiger partial charge is 0.450 e. The first kappa shape index (κ1) is 18.3. The minimum Gasteiger partial charge on any atom is -0.450 e. The van der Waals surface area contributed by atoms with Crippen LogP contribution in [0.2, 0.25) is 10.0 Å². The number of benzene rings is 2. The Hall–Kier alpha value is -2.50. The Kier molecular flexibility index (Phi) is 5.81. The van der Waals surface area contributed by atoms with E-state index in [2.05, 4.69) is 5.32 Å². The van der Waals surface area contributed by atoms with Gasteiger partial charge in [0.25, 0.3) is 5.91 Å². The quantitative estimate of drug-likeness (QED) is 0.637. The summed E-state index contributed by atoms with van der Waals surface area (Å²) in [4.78, 5) is 23.8. The third kappa shape index (κ3) is 4.77. The minimum atomic E-state index is -0.704. The summed E-state index contributed by atoms with van der Waals surface area (Å²) >= 11 is 11.7. The van der Waals surface area contributed by atoms with Crippen molar-refractivity contribution in [2.24, 2.45) is 0 Å². The van der Waals surface area contributed by atoms with Gasteiger partial charge in [0, 0.05) is 22.0 Å². The number of furan rings is 1. The highest BCUT2D eigenvalue weighted by molar-refractivity contribution is 6.31. The minimum absolute atomic E-state index is 0.0243. The first-order valence-electron chi connectivity index (χ1n) is 7.88. The number of nitrogens with one attached hydrogen (secondary N) is 1. The molecule has 134 valence electrons. The molecule has 2 aromatic carbocycles. The Bertz CT molecular complexity index is 934. The third-order valence-corrected chi connectivity index (χ3v) is 4.15. The Morgan fingerprint density at radius 2 is 1.73 bits per heavy atom. The summed E-state index contributed by atoms with van der Waals surface area (Å²) in [5.41, 5.74) is 1.57. The molecule has 0 aliphatic carbocycles. The van der Waals surface area contributed by atoms with Gasteiger partial charge in [-0.15, -0.1) is 0 Å². The monoisotopic (exact) mass is 391 g/mol. The molecule has 0 fully saturated rings. The van der Waals surface area contributed by atoms with Gasteiger partial charge in [-0.2, -0.15) is 0 Å². The van der Waals surface area contributed by atoms with Crippen molar-refractivity contribution < 1.29 is 18.7 Å². The average molecular weight is 392 g/mol. The second-order valence-corrected chi connectivity index (χ2v) is 6.47. The number of carbonyl (C=O) groups excluding carboxylic acids is 2. The van der Waals surface area contributed by atoms with Crippen molar-refractivity contribution >= 4 is 46.0 Å². The van der Waals surface area contributed by atoms with Gasteiger partial charge in [0.2, 0.25) is 5.76 Å². The molecular weight excluding hydrogens is 377 g/mol. The van der Waals surface area contributed by atoms with Gasteiger partial charge >= 0.3 is 5.97 Å². The second-order valence-electron chi connectivity index (χ2n) is 5.60. The molecule has 0 aliphatic rings. The lowest BCUT2D eigenvalue weighted by atomic mass is 10.1. The summed E-state index contributed by atoms with van der Waals surface area (Å²) in [5, 5.41) is 4.59. The average Bonchev–Trinajstić information content (AvgIpc) is 3.04.